The maximum atomic E-state index is 13.4. The number of aryl methyl sites for hydroxylation is 2. The van der Waals surface area contributed by atoms with E-state index in [2.05, 4.69) is 5.32 Å². The smallest absolute Gasteiger partial charge is 0.243 e. The second-order valence-electron chi connectivity index (χ2n) is 7.15. The molecule has 0 aliphatic rings. The maximum Gasteiger partial charge on any atom is 0.243 e. The summed E-state index contributed by atoms with van der Waals surface area (Å²) in [4.78, 5) is 12.9. The number of nitrogens with one attached hydrogen (secondary N) is 1. The molecule has 1 N–H and O–H groups in total. The van der Waals surface area contributed by atoms with Crippen LogP contribution in [0.5, 0.6) is 0 Å². The highest BCUT2D eigenvalue weighted by molar-refractivity contribution is 7.89. The average Bonchev–Trinajstić information content (AvgIpc) is 2.72. The zero-order valence-electron chi connectivity index (χ0n) is 17.1. The van der Waals surface area contributed by atoms with Crippen molar-refractivity contribution >= 4 is 44.8 Å². The predicted octanol–water partition coefficient (Wildman–Crippen LogP) is 5.44. The lowest BCUT2D eigenvalue weighted by Gasteiger charge is -2.23. The van der Waals surface area contributed by atoms with Gasteiger partial charge in [0.1, 0.15) is 0 Å². The summed E-state index contributed by atoms with van der Waals surface area (Å²) in [5.41, 5.74) is 2.86. The van der Waals surface area contributed by atoms with E-state index in [1.807, 2.05) is 26.0 Å². The molecule has 0 heterocycles. The summed E-state index contributed by atoms with van der Waals surface area (Å²) in [6, 6.07) is 18.7. The van der Waals surface area contributed by atoms with Crippen molar-refractivity contribution in [3.63, 3.8) is 0 Å². The summed E-state index contributed by atoms with van der Waals surface area (Å²) < 4.78 is 27.9. The quantitative estimate of drug-likeness (QED) is 0.493. The third-order valence-corrected chi connectivity index (χ3v) is 7.31. The Kier molecular flexibility index (Phi) is 7.38. The van der Waals surface area contributed by atoms with Crippen LogP contribution < -0.4 is 5.32 Å². The van der Waals surface area contributed by atoms with E-state index < -0.39 is 22.5 Å². The molecule has 0 atom stereocenters. The number of carbonyl (C=O) groups excluding carboxylic acids is 1. The van der Waals surface area contributed by atoms with Crippen LogP contribution in [0.1, 0.15) is 16.7 Å². The van der Waals surface area contributed by atoms with Crippen molar-refractivity contribution in [3.05, 3.63) is 93.5 Å². The SMILES string of the molecule is Cc1ccc(S(=O)(=O)N(CC(=O)Nc2ccccc2C)Cc2c(Cl)cccc2Cl)cc1. The molecule has 0 aliphatic heterocycles. The number of anilines is 1. The minimum atomic E-state index is -3.99. The first-order valence-corrected chi connectivity index (χ1v) is 11.7. The Balaban J connectivity index is 1.94. The van der Waals surface area contributed by atoms with Crippen LogP contribution in [0.25, 0.3) is 0 Å². The number of hydrogen-bond donors (Lipinski definition) is 1. The van der Waals surface area contributed by atoms with E-state index in [1.54, 1.807) is 42.5 Å². The van der Waals surface area contributed by atoms with Gasteiger partial charge in [-0.2, -0.15) is 4.31 Å². The molecule has 0 radical (unpaired) electrons. The largest absolute Gasteiger partial charge is 0.325 e. The van der Waals surface area contributed by atoms with Gasteiger partial charge in [-0.05, 0) is 49.7 Å². The minimum Gasteiger partial charge on any atom is -0.325 e. The van der Waals surface area contributed by atoms with Gasteiger partial charge in [-0.15, -0.1) is 0 Å². The Bertz CT molecular complexity index is 1180. The van der Waals surface area contributed by atoms with Crippen molar-refractivity contribution < 1.29 is 13.2 Å². The molecule has 3 aromatic rings. The summed E-state index contributed by atoms with van der Waals surface area (Å²) >= 11 is 12.5. The Morgan fingerprint density at radius 2 is 1.52 bits per heavy atom. The molecule has 0 saturated carbocycles. The Hall–Kier alpha value is -2.38. The Labute approximate surface area is 192 Å². The van der Waals surface area contributed by atoms with Crippen molar-refractivity contribution in [3.8, 4) is 0 Å². The number of benzene rings is 3. The van der Waals surface area contributed by atoms with Crippen molar-refractivity contribution in [2.75, 3.05) is 11.9 Å². The third kappa shape index (κ3) is 5.66. The molecule has 0 saturated heterocycles. The molecule has 1 amide bonds. The number of amides is 1. The summed E-state index contributed by atoms with van der Waals surface area (Å²) in [5, 5.41) is 3.44. The molecule has 162 valence electrons. The Morgan fingerprint density at radius 1 is 0.903 bits per heavy atom. The van der Waals surface area contributed by atoms with Crippen LogP contribution >= 0.6 is 23.2 Å². The van der Waals surface area contributed by atoms with Crippen molar-refractivity contribution in [2.24, 2.45) is 0 Å². The van der Waals surface area contributed by atoms with E-state index in [1.165, 1.54) is 12.1 Å². The van der Waals surface area contributed by atoms with Gasteiger partial charge in [0.15, 0.2) is 0 Å². The first-order valence-electron chi connectivity index (χ1n) is 9.53. The van der Waals surface area contributed by atoms with Gasteiger partial charge in [-0.3, -0.25) is 4.79 Å². The number of para-hydroxylation sites is 1. The molecule has 5 nitrogen and oxygen atoms in total. The summed E-state index contributed by atoms with van der Waals surface area (Å²) in [7, 11) is -3.99. The second-order valence-corrected chi connectivity index (χ2v) is 9.90. The van der Waals surface area contributed by atoms with E-state index in [-0.39, 0.29) is 11.4 Å². The predicted molar refractivity (Wildman–Crippen MR) is 125 cm³/mol. The number of halogens is 2. The lowest BCUT2D eigenvalue weighted by Crippen LogP contribution is -2.37. The number of sulfonamides is 1. The molecule has 0 bridgehead atoms. The van der Waals surface area contributed by atoms with Gasteiger partial charge in [0.05, 0.1) is 11.4 Å². The van der Waals surface area contributed by atoms with E-state index in [9.17, 15) is 13.2 Å². The van der Waals surface area contributed by atoms with Crippen molar-refractivity contribution in [1.82, 2.24) is 4.31 Å². The van der Waals surface area contributed by atoms with Gasteiger partial charge in [0, 0.05) is 27.8 Å². The second kappa shape index (κ2) is 9.83. The highest BCUT2D eigenvalue weighted by Gasteiger charge is 2.28. The van der Waals surface area contributed by atoms with Gasteiger partial charge < -0.3 is 5.32 Å². The fraction of sp³-hybridized carbons (Fsp3) is 0.174. The minimum absolute atomic E-state index is 0.0879. The molecule has 31 heavy (non-hydrogen) atoms. The highest BCUT2D eigenvalue weighted by atomic mass is 35.5. The van der Waals surface area contributed by atoms with Crippen LogP contribution in [-0.2, 0) is 21.4 Å². The first kappa shape index (κ1) is 23.3. The van der Waals surface area contributed by atoms with Crippen LogP contribution in [0.15, 0.2) is 71.6 Å². The van der Waals surface area contributed by atoms with Crippen LogP contribution in [0, 0.1) is 13.8 Å². The third-order valence-electron chi connectivity index (χ3n) is 4.79. The number of nitrogens with zero attached hydrogens (tertiary/aromatic N) is 1. The number of hydrogen-bond acceptors (Lipinski definition) is 3. The molecule has 0 spiro atoms. The molecule has 0 fully saturated rings. The van der Waals surface area contributed by atoms with Crippen LogP contribution in [0.3, 0.4) is 0 Å². The monoisotopic (exact) mass is 476 g/mol. The van der Waals surface area contributed by atoms with E-state index in [4.69, 9.17) is 23.2 Å². The topological polar surface area (TPSA) is 66.5 Å². The number of carbonyl (C=O) groups is 1. The van der Waals surface area contributed by atoms with Crippen LogP contribution in [-0.4, -0.2) is 25.2 Å². The van der Waals surface area contributed by atoms with E-state index in [0.29, 0.717) is 21.3 Å². The van der Waals surface area contributed by atoms with Crippen LogP contribution in [0.2, 0.25) is 10.0 Å². The fourth-order valence-corrected chi connectivity index (χ4v) is 4.89. The molecule has 3 rings (SSSR count). The van der Waals surface area contributed by atoms with Gasteiger partial charge in [0.2, 0.25) is 15.9 Å². The van der Waals surface area contributed by atoms with Crippen LogP contribution in [0.4, 0.5) is 5.69 Å². The fourth-order valence-electron chi connectivity index (χ4n) is 3.01. The Morgan fingerprint density at radius 3 is 2.13 bits per heavy atom. The van der Waals surface area contributed by atoms with Gasteiger partial charge >= 0.3 is 0 Å². The summed E-state index contributed by atoms with van der Waals surface area (Å²) in [6.45, 7) is 3.19. The zero-order valence-corrected chi connectivity index (χ0v) is 19.4. The average molecular weight is 477 g/mol. The standard InChI is InChI=1S/C23H22Cl2N2O3S/c1-16-10-12-18(13-11-16)31(29,30)27(14-19-20(24)7-5-8-21(19)25)15-23(28)26-22-9-4-3-6-17(22)2/h3-13H,14-15H2,1-2H3,(H,26,28). The molecule has 0 aromatic heterocycles. The molecule has 0 aliphatic carbocycles. The highest BCUT2D eigenvalue weighted by Crippen LogP contribution is 2.28. The van der Waals surface area contributed by atoms with Gasteiger partial charge in [-0.25, -0.2) is 8.42 Å². The molecular formula is C23H22Cl2N2O3S. The van der Waals surface area contributed by atoms with Gasteiger partial charge in [0.25, 0.3) is 0 Å². The zero-order chi connectivity index (χ0) is 22.6. The normalized spacial score (nSPS) is 11.5. The van der Waals surface area contributed by atoms with E-state index >= 15 is 0 Å². The lowest BCUT2D eigenvalue weighted by molar-refractivity contribution is -0.116. The molecule has 0 unspecified atom stereocenters. The van der Waals surface area contributed by atoms with Gasteiger partial charge in [-0.1, -0.05) is 65.2 Å². The van der Waals surface area contributed by atoms with E-state index in [0.717, 1.165) is 15.4 Å². The molecule has 8 heteroatoms. The summed E-state index contributed by atoms with van der Waals surface area (Å²) in [5.74, 6) is -0.465. The summed E-state index contributed by atoms with van der Waals surface area (Å²) in [6.07, 6.45) is 0. The first-order chi connectivity index (χ1) is 14.7. The lowest BCUT2D eigenvalue weighted by atomic mass is 10.2. The molecular weight excluding hydrogens is 455 g/mol. The number of rotatable bonds is 7. The maximum absolute atomic E-state index is 13.4. The van der Waals surface area contributed by atoms with Crippen molar-refractivity contribution in [2.45, 2.75) is 25.3 Å². The van der Waals surface area contributed by atoms with Crippen molar-refractivity contribution in [1.29, 1.82) is 0 Å². The molecule has 3 aromatic carbocycles.